The molecule has 0 aromatic heterocycles. The van der Waals surface area contributed by atoms with E-state index in [9.17, 15) is 0 Å². The number of rotatable bonds is 1. The van der Waals surface area contributed by atoms with Crippen molar-refractivity contribution in [2.75, 3.05) is 0 Å². The van der Waals surface area contributed by atoms with Crippen LogP contribution in [-0.2, 0) is 0 Å². The summed E-state index contributed by atoms with van der Waals surface area (Å²) in [5.74, 6) is 0.786. The maximum absolute atomic E-state index is 6.56. The molecule has 1 aliphatic carbocycles. The maximum atomic E-state index is 6.56. The average Bonchev–Trinajstić information content (AvgIpc) is 3.37. The minimum atomic E-state index is -0.395. The number of benzene rings is 3. The standard InChI is InChI=1S/C24H20Cl2N2O/c25-18-12-19-22-14-21(17-8-7-15-5-1-2-6-16(15)11-17)27-28(22)24(9-3-4-10-24)29-23(19)20(26)13-18/h1-2,5-8,11-13,22H,3-4,9-10,14H2. The Kier molecular flexibility index (Phi) is 3.88. The number of nitrogens with zero attached hydrogens (tertiary/aromatic N) is 2. The van der Waals surface area contributed by atoms with Crippen molar-refractivity contribution in [2.45, 2.75) is 43.9 Å². The van der Waals surface area contributed by atoms with E-state index in [4.69, 9.17) is 33.0 Å². The number of hydrogen-bond acceptors (Lipinski definition) is 3. The van der Waals surface area contributed by atoms with Crippen LogP contribution in [0.4, 0.5) is 0 Å². The van der Waals surface area contributed by atoms with Crippen molar-refractivity contribution in [3.8, 4) is 5.75 Å². The van der Waals surface area contributed by atoms with E-state index in [1.165, 1.54) is 16.3 Å². The third-order valence-electron chi connectivity index (χ3n) is 6.48. The quantitative estimate of drug-likeness (QED) is 0.423. The van der Waals surface area contributed by atoms with Crippen LogP contribution in [0, 0.1) is 0 Å². The molecule has 3 aromatic carbocycles. The van der Waals surface area contributed by atoms with Gasteiger partial charge >= 0.3 is 0 Å². The smallest absolute Gasteiger partial charge is 0.198 e. The third kappa shape index (κ3) is 2.68. The second-order valence-corrected chi connectivity index (χ2v) is 9.08. The van der Waals surface area contributed by atoms with Crippen LogP contribution in [0.25, 0.3) is 10.8 Å². The number of hydrazone groups is 1. The lowest BCUT2D eigenvalue weighted by molar-refractivity contribution is -0.114. The van der Waals surface area contributed by atoms with Gasteiger partial charge in [0.2, 0.25) is 0 Å². The summed E-state index contributed by atoms with van der Waals surface area (Å²) in [5, 5.41) is 11.0. The van der Waals surface area contributed by atoms with Crippen LogP contribution in [0.1, 0.15) is 49.3 Å². The molecule has 1 unspecified atom stereocenters. The van der Waals surface area contributed by atoms with Crippen molar-refractivity contribution in [3.63, 3.8) is 0 Å². The van der Waals surface area contributed by atoms with Gasteiger partial charge in [0, 0.05) is 29.8 Å². The molecule has 146 valence electrons. The fraction of sp³-hybridized carbons (Fsp3) is 0.292. The van der Waals surface area contributed by atoms with Gasteiger partial charge in [-0.05, 0) is 47.4 Å². The monoisotopic (exact) mass is 422 g/mol. The molecular formula is C24H20Cl2N2O. The molecule has 0 bridgehead atoms. The summed E-state index contributed by atoms with van der Waals surface area (Å²) < 4.78 is 6.56. The SMILES string of the molecule is Clc1cc(Cl)c2c(c1)C1CC(c3ccc4ccccc4c3)=NN1C1(CCCC1)O2. The van der Waals surface area contributed by atoms with Gasteiger partial charge < -0.3 is 4.74 Å². The first-order valence-corrected chi connectivity index (χ1v) is 10.9. The van der Waals surface area contributed by atoms with E-state index in [2.05, 4.69) is 47.5 Å². The predicted molar refractivity (Wildman–Crippen MR) is 118 cm³/mol. The Bertz CT molecular complexity index is 1170. The van der Waals surface area contributed by atoms with Gasteiger partial charge in [-0.25, -0.2) is 5.01 Å². The lowest BCUT2D eigenvalue weighted by Gasteiger charge is -2.46. The second kappa shape index (κ2) is 6.38. The molecule has 0 saturated heterocycles. The Morgan fingerprint density at radius 2 is 1.76 bits per heavy atom. The molecule has 1 fully saturated rings. The fourth-order valence-electron chi connectivity index (χ4n) is 5.10. The maximum Gasteiger partial charge on any atom is 0.198 e. The Balaban J connectivity index is 1.48. The zero-order valence-electron chi connectivity index (χ0n) is 15.9. The molecule has 1 atom stereocenters. The van der Waals surface area contributed by atoms with E-state index < -0.39 is 5.72 Å². The molecule has 1 saturated carbocycles. The van der Waals surface area contributed by atoms with Crippen molar-refractivity contribution in [1.82, 2.24) is 5.01 Å². The van der Waals surface area contributed by atoms with E-state index >= 15 is 0 Å². The normalized spacial score (nSPS) is 21.8. The molecule has 0 N–H and O–H groups in total. The van der Waals surface area contributed by atoms with Gasteiger partial charge in [0.05, 0.1) is 16.8 Å². The largest absolute Gasteiger partial charge is 0.465 e. The number of halogens is 2. The molecule has 3 nitrogen and oxygen atoms in total. The van der Waals surface area contributed by atoms with Gasteiger partial charge in [-0.15, -0.1) is 0 Å². The Morgan fingerprint density at radius 1 is 0.966 bits per heavy atom. The third-order valence-corrected chi connectivity index (χ3v) is 6.98. The zero-order chi connectivity index (χ0) is 19.6. The van der Waals surface area contributed by atoms with Gasteiger partial charge in [0.1, 0.15) is 5.75 Å². The van der Waals surface area contributed by atoms with E-state index in [1.54, 1.807) is 6.07 Å². The molecule has 0 amide bonds. The minimum Gasteiger partial charge on any atom is -0.465 e. The van der Waals surface area contributed by atoms with Crippen molar-refractivity contribution >= 4 is 39.7 Å². The zero-order valence-corrected chi connectivity index (χ0v) is 17.4. The first-order valence-electron chi connectivity index (χ1n) is 10.2. The highest BCUT2D eigenvalue weighted by Gasteiger charge is 2.52. The van der Waals surface area contributed by atoms with Crippen molar-refractivity contribution < 1.29 is 4.74 Å². The summed E-state index contributed by atoms with van der Waals surface area (Å²) in [5.41, 5.74) is 2.91. The van der Waals surface area contributed by atoms with Gasteiger partial charge in [0.15, 0.2) is 5.72 Å². The van der Waals surface area contributed by atoms with Gasteiger partial charge in [0.25, 0.3) is 0 Å². The first kappa shape index (κ1) is 17.6. The van der Waals surface area contributed by atoms with E-state index in [1.807, 2.05) is 6.07 Å². The molecule has 2 aliphatic heterocycles. The van der Waals surface area contributed by atoms with E-state index in [0.29, 0.717) is 10.0 Å². The predicted octanol–water partition coefficient (Wildman–Crippen LogP) is 6.96. The van der Waals surface area contributed by atoms with Gasteiger partial charge in [-0.2, -0.15) is 5.10 Å². The number of ether oxygens (including phenoxy) is 1. The van der Waals surface area contributed by atoms with Crippen molar-refractivity contribution in [2.24, 2.45) is 5.10 Å². The highest BCUT2D eigenvalue weighted by Crippen LogP contribution is 2.54. The van der Waals surface area contributed by atoms with E-state index in [-0.39, 0.29) is 6.04 Å². The van der Waals surface area contributed by atoms with Crippen molar-refractivity contribution in [1.29, 1.82) is 0 Å². The number of hydrogen-bond donors (Lipinski definition) is 0. The average molecular weight is 423 g/mol. The molecule has 29 heavy (non-hydrogen) atoms. The van der Waals surface area contributed by atoms with Crippen LogP contribution in [0.5, 0.6) is 5.75 Å². The summed E-state index contributed by atoms with van der Waals surface area (Å²) in [7, 11) is 0. The molecule has 1 spiro atoms. The molecule has 3 aliphatic rings. The van der Waals surface area contributed by atoms with Gasteiger partial charge in [-0.3, -0.25) is 0 Å². The van der Waals surface area contributed by atoms with Gasteiger partial charge in [-0.1, -0.05) is 59.6 Å². The Hall–Kier alpha value is -2.23. The lowest BCUT2D eigenvalue weighted by Crippen LogP contribution is -2.51. The lowest BCUT2D eigenvalue weighted by atomic mass is 9.93. The van der Waals surface area contributed by atoms with Crippen LogP contribution in [0.3, 0.4) is 0 Å². The summed E-state index contributed by atoms with van der Waals surface area (Å²) in [6.45, 7) is 0. The van der Waals surface area contributed by atoms with Crippen LogP contribution in [0.2, 0.25) is 10.0 Å². The minimum absolute atomic E-state index is 0.106. The van der Waals surface area contributed by atoms with Crippen LogP contribution < -0.4 is 4.74 Å². The summed E-state index contributed by atoms with van der Waals surface area (Å²) in [4.78, 5) is 0. The highest BCUT2D eigenvalue weighted by atomic mass is 35.5. The summed E-state index contributed by atoms with van der Waals surface area (Å²) in [6.07, 6.45) is 5.05. The topological polar surface area (TPSA) is 24.8 Å². The molecular weight excluding hydrogens is 403 g/mol. The Morgan fingerprint density at radius 3 is 2.59 bits per heavy atom. The summed E-state index contributed by atoms with van der Waals surface area (Å²) >= 11 is 12.9. The van der Waals surface area contributed by atoms with Crippen LogP contribution in [-0.4, -0.2) is 16.4 Å². The molecule has 5 heteroatoms. The Labute approximate surface area is 179 Å². The van der Waals surface area contributed by atoms with E-state index in [0.717, 1.165) is 49.1 Å². The van der Waals surface area contributed by atoms with Crippen LogP contribution >= 0.6 is 23.2 Å². The summed E-state index contributed by atoms with van der Waals surface area (Å²) in [6, 6.07) is 18.9. The molecule has 0 radical (unpaired) electrons. The first-order chi connectivity index (χ1) is 14.1. The highest BCUT2D eigenvalue weighted by molar-refractivity contribution is 6.35. The molecule has 2 heterocycles. The molecule has 6 rings (SSSR count). The van der Waals surface area contributed by atoms with Crippen molar-refractivity contribution in [3.05, 3.63) is 75.8 Å². The number of fused-ring (bicyclic) bond motifs is 5. The van der Waals surface area contributed by atoms with Crippen LogP contribution in [0.15, 0.2) is 59.7 Å². The molecule has 3 aromatic rings. The second-order valence-electron chi connectivity index (χ2n) is 8.23. The fourth-order valence-corrected chi connectivity index (χ4v) is 5.65.